The Kier molecular flexibility index (Phi) is 5.07. The maximum absolute atomic E-state index is 10.6. The zero-order chi connectivity index (χ0) is 10.2. The number of rotatable bonds is 3. The van der Waals surface area contributed by atoms with Gasteiger partial charge in [0.2, 0.25) is 0 Å². The van der Waals surface area contributed by atoms with Crippen LogP contribution in [0.3, 0.4) is 0 Å². The first-order chi connectivity index (χ1) is 6.83. The summed E-state index contributed by atoms with van der Waals surface area (Å²) in [5, 5.41) is 0. The predicted octanol–water partition coefficient (Wildman–Crippen LogP) is 1.89. The standard InChI is InChI=1S/C10H16O4/c1-12-10(11)14-8-4-6-9-5-2-3-7-13-9/h4,6,9H,2-3,5,7-8H2,1H3/b6-4+. The van der Waals surface area contributed by atoms with Crippen molar-refractivity contribution < 1.29 is 19.0 Å². The van der Waals surface area contributed by atoms with E-state index in [1.165, 1.54) is 13.5 Å². The van der Waals surface area contributed by atoms with Gasteiger partial charge >= 0.3 is 6.16 Å². The first-order valence-corrected chi connectivity index (χ1v) is 4.82. The summed E-state index contributed by atoms with van der Waals surface area (Å²) in [7, 11) is 1.29. The second-order valence-electron chi connectivity index (χ2n) is 3.10. The van der Waals surface area contributed by atoms with Gasteiger partial charge in [0.25, 0.3) is 0 Å². The molecule has 1 rings (SSSR count). The number of methoxy groups -OCH3 is 1. The molecule has 0 aromatic rings. The average Bonchev–Trinajstić information content (AvgIpc) is 2.25. The Morgan fingerprint density at radius 3 is 3.07 bits per heavy atom. The Labute approximate surface area is 83.8 Å². The lowest BCUT2D eigenvalue weighted by Crippen LogP contribution is -2.16. The van der Waals surface area contributed by atoms with E-state index in [2.05, 4.69) is 9.47 Å². The molecule has 0 aromatic heterocycles. The Balaban J connectivity index is 2.09. The van der Waals surface area contributed by atoms with Gasteiger partial charge in [-0.2, -0.15) is 0 Å². The fourth-order valence-corrected chi connectivity index (χ4v) is 1.30. The summed E-state index contributed by atoms with van der Waals surface area (Å²) in [6, 6.07) is 0. The molecule has 14 heavy (non-hydrogen) atoms. The van der Waals surface area contributed by atoms with Crippen molar-refractivity contribution >= 4 is 6.16 Å². The van der Waals surface area contributed by atoms with Gasteiger partial charge in [-0.3, -0.25) is 0 Å². The maximum Gasteiger partial charge on any atom is 0.508 e. The minimum atomic E-state index is -0.654. The molecule has 0 aliphatic carbocycles. The van der Waals surface area contributed by atoms with Crippen LogP contribution in [0.15, 0.2) is 12.2 Å². The van der Waals surface area contributed by atoms with E-state index in [9.17, 15) is 4.79 Å². The molecular formula is C10H16O4. The maximum atomic E-state index is 10.6. The van der Waals surface area contributed by atoms with E-state index in [1.54, 1.807) is 6.08 Å². The van der Waals surface area contributed by atoms with Crippen molar-refractivity contribution in [1.82, 2.24) is 0 Å². The summed E-state index contributed by atoms with van der Waals surface area (Å²) >= 11 is 0. The first kappa shape index (κ1) is 11.0. The second-order valence-corrected chi connectivity index (χ2v) is 3.10. The Bertz CT molecular complexity index is 194. The van der Waals surface area contributed by atoms with Crippen LogP contribution in [-0.4, -0.2) is 32.6 Å². The van der Waals surface area contributed by atoms with Crippen molar-refractivity contribution in [3.8, 4) is 0 Å². The smallest absolute Gasteiger partial charge is 0.438 e. The van der Waals surface area contributed by atoms with Crippen LogP contribution >= 0.6 is 0 Å². The molecule has 4 nitrogen and oxygen atoms in total. The monoisotopic (exact) mass is 200 g/mol. The van der Waals surface area contributed by atoms with Crippen LogP contribution in [0.5, 0.6) is 0 Å². The SMILES string of the molecule is COC(=O)OC/C=C/C1CCCCO1. The van der Waals surface area contributed by atoms with Gasteiger partial charge in [-0.25, -0.2) is 4.79 Å². The van der Waals surface area contributed by atoms with Crippen molar-refractivity contribution in [3.05, 3.63) is 12.2 Å². The zero-order valence-corrected chi connectivity index (χ0v) is 8.40. The lowest BCUT2D eigenvalue weighted by atomic mass is 10.1. The van der Waals surface area contributed by atoms with Crippen LogP contribution in [0.2, 0.25) is 0 Å². The fraction of sp³-hybridized carbons (Fsp3) is 0.700. The second kappa shape index (κ2) is 6.43. The van der Waals surface area contributed by atoms with Crippen molar-refractivity contribution in [3.63, 3.8) is 0 Å². The van der Waals surface area contributed by atoms with E-state index >= 15 is 0 Å². The molecule has 0 aromatic carbocycles. The fourth-order valence-electron chi connectivity index (χ4n) is 1.30. The number of ether oxygens (including phenoxy) is 3. The summed E-state index contributed by atoms with van der Waals surface area (Å²) in [5.41, 5.74) is 0. The summed E-state index contributed by atoms with van der Waals surface area (Å²) in [4.78, 5) is 10.6. The van der Waals surface area contributed by atoms with Gasteiger partial charge in [0, 0.05) is 6.61 Å². The van der Waals surface area contributed by atoms with Gasteiger partial charge in [-0.15, -0.1) is 0 Å². The molecule has 1 unspecified atom stereocenters. The molecule has 1 saturated heterocycles. The van der Waals surface area contributed by atoms with Crippen LogP contribution < -0.4 is 0 Å². The average molecular weight is 200 g/mol. The molecular weight excluding hydrogens is 184 g/mol. The molecule has 0 amide bonds. The summed E-state index contributed by atoms with van der Waals surface area (Å²) < 4.78 is 14.4. The van der Waals surface area contributed by atoms with Crippen LogP contribution in [0.1, 0.15) is 19.3 Å². The lowest BCUT2D eigenvalue weighted by molar-refractivity contribution is 0.0456. The van der Waals surface area contributed by atoms with E-state index in [0.717, 1.165) is 19.4 Å². The molecule has 0 saturated carbocycles. The summed E-state index contributed by atoms with van der Waals surface area (Å²) in [6.45, 7) is 1.07. The van der Waals surface area contributed by atoms with Gasteiger partial charge in [0.15, 0.2) is 0 Å². The molecule has 0 bridgehead atoms. The lowest BCUT2D eigenvalue weighted by Gasteiger charge is -2.18. The molecule has 0 spiro atoms. The first-order valence-electron chi connectivity index (χ1n) is 4.82. The molecule has 1 heterocycles. The normalized spacial score (nSPS) is 22.2. The van der Waals surface area contributed by atoms with Gasteiger partial charge in [0.1, 0.15) is 6.61 Å². The minimum Gasteiger partial charge on any atom is -0.438 e. The molecule has 1 atom stereocenters. The molecule has 80 valence electrons. The van der Waals surface area contributed by atoms with Crippen LogP contribution in [-0.2, 0) is 14.2 Å². The number of carbonyl (C=O) groups excluding carboxylic acids is 1. The molecule has 1 fully saturated rings. The van der Waals surface area contributed by atoms with E-state index in [4.69, 9.17) is 4.74 Å². The number of hydrogen-bond acceptors (Lipinski definition) is 4. The highest BCUT2D eigenvalue weighted by molar-refractivity contribution is 5.59. The number of carbonyl (C=O) groups is 1. The van der Waals surface area contributed by atoms with Gasteiger partial charge < -0.3 is 14.2 Å². The highest BCUT2D eigenvalue weighted by Crippen LogP contribution is 2.13. The predicted molar refractivity (Wildman–Crippen MR) is 51.1 cm³/mol. The molecule has 4 heteroatoms. The topological polar surface area (TPSA) is 44.8 Å². The van der Waals surface area contributed by atoms with Crippen LogP contribution in [0, 0.1) is 0 Å². The highest BCUT2D eigenvalue weighted by atomic mass is 16.7. The molecule has 0 N–H and O–H groups in total. The summed E-state index contributed by atoms with van der Waals surface area (Å²) in [6.07, 6.45) is 6.64. The Morgan fingerprint density at radius 1 is 1.57 bits per heavy atom. The number of hydrogen-bond donors (Lipinski definition) is 0. The Hall–Kier alpha value is -1.03. The van der Waals surface area contributed by atoms with Crippen molar-refractivity contribution in [2.45, 2.75) is 25.4 Å². The quantitative estimate of drug-likeness (QED) is 0.515. The highest BCUT2D eigenvalue weighted by Gasteiger charge is 2.09. The summed E-state index contributed by atoms with van der Waals surface area (Å²) in [5.74, 6) is 0. The van der Waals surface area contributed by atoms with Gasteiger partial charge in [-0.05, 0) is 25.3 Å². The molecule has 1 aliphatic rings. The zero-order valence-electron chi connectivity index (χ0n) is 8.40. The van der Waals surface area contributed by atoms with Gasteiger partial charge in [0.05, 0.1) is 13.2 Å². The van der Waals surface area contributed by atoms with Crippen molar-refractivity contribution in [2.24, 2.45) is 0 Å². The van der Waals surface area contributed by atoms with E-state index < -0.39 is 6.16 Å². The van der Waals surface area contributed by atoms with Crippen LogP contribution in [0.25, 0.3) is 0 Å². The third-order valence-electron chi connectivity index (χ3n) is 2.03. The molecule has 1 aliphatic heterocycles. The third-order valence-corrected chi connectivity index (χ3v) is 2.03. The Morgan fingerprint density at radius 2 is 2.43 bits per heavy atom. The van der Waals surface area contributed by atoms with E-state index in [0.29, 0.717) is 0 Å². The van der Waals surface area contributed by atoms with E-state index in [1.807, 2.05) is 6.08 Å². The molecule has 0 radical (unpaired) electrons. The third kappa shape index (κ3) is 4.28. The van der Waals surface area contributed by atoms with Gasteiger partial charge in [-0.1, -0.05) is 6.08 Å². The van der Waals surface area contributed by atoms with Crippen molar-refractivity contribution in [1.29, 1.82) is 0 Å². The van der Waals surface area contributed by atoms with Crippen LogP contribution in [0.4, 0.5) is 4.79 Å². The minimum absolute atomic E-state index is 0.185. The van der Waals surface area contributed by atoms with E-state index in [-0.39, 0.29) is 12.7 Å². The largest absolute Gasteiger partial charge is 0.508 e. The van der Waals surface area contributed by atoms with Crippen molar-refractivity contribution in [2.75, 3.05) is 20.3 Å².